The van der Waals surface area contributed by atoms with Gasteiger partial charge < -0.3 is 9.64 Å². The zero-order valence-corrected chi connectivity index (χ0v) is 15.9. The normalized spacial score (nSPS) is 23.1. The van der Waals surface area contributed by atoms with Crippen LogP contribution in [0.1, 0.15) is 30.9 Å². The molecule has 3 rings (SSSR count). The quantitative estimate of drug-likeness (QED) is 0.798. The van der Waals surface area contributed by atoms with Crippen LogP contribution in [0.2, 0.25) is 0 Å². The van der Waals surface area contributed by atoms with Gasteiger partial charge in [-0.15, -0.1) is 0 Å². The van der Waals surface area contributed by atoms with Crippen LogP contribution in [0.5, 0.6) is 0 Å². The van der Waals surface area contributed by atoms with Crippen LogP contribution in [0.15, 0.2) is 24.3 Å². The smallest absolute Gasteiger partial charge is 0.384 e. The van der Waals surface area contributed by atoms with Crippen molar-refractivity contribution in [3.05, 3.63) is 35.4 Å². The fraction of sp³-hybridized carbons (Fsp3) is 0.650. The number of nitrogens with zero attached hydrogens (tertiary/aromatic N) is 2. The van der Waals surface area contributed by atoms with Gasteiger partial charge in [-0.25, -0.2) is 0 Å². The number of piperidine rings is 1. The molecule has 150 valence electrons. The van der Waals surface area contributed by atoms with Crippen molar-refractivity contribution in [2.24, 2.45) is 11.3 Å². The number of benzene rings is 1. The van der Waals surface area contributed by atoms with E-state index in [1.807, 2.05) is 4.90 Å². The molecule has 1 atom stereocenters. The number of hydrogen-bond acceptors (Lipinski definition) is 3. The van der Waals surface area contributed by atoms with Crippen LogP contribution < -0.4 is 0 Å². The number of amides is 1. The van der Waals surface area contributed by atoms with E-state index in [9.17, 15) is 18.0 Å². The molecule has 1 spiro atoms. The van der Waals surface area contributed by atoms with Crippen LogP contribution in [0.4, 0.5) is 13.2 Å². The van der Waals surface area contributed by atoms with E-state index in [1.165, 1.54) is 6.07 Å². The van der Waals surface area contributed by atoms with Gasteiger partial charge in [-0.3, -0.25) is 9.69 Å². The van der Waals surface area contributed by atoms with Crippen molar-refractivity contribution in [1.82, 2.24) is 9.80 Å². The first kappa shape index (κ1) is 20.1. The van der Waals surface area contributed by atoms with Crippen LogP contribution in [-0.4, -0.2) is 55.6 Å². The molecule has 2 aliphatic rings. The maximum atomic E-state index is 13.2. The first-order valence-corrected chi connectivity index (χ1v) is 9.37. The Labute approximate surface area is 158 Å². The molecule has 7 heteroatoms. The van der Waals surface area contributed by atoms with E-state index in [0.29, 0.717) is 25.3 Å². The lowest BCUT2D eigenvalue weighted by Gasteiger charge is -2.42. The zero-order valence-electron chi connectivity index (χ0n) is 15.9. The summed E-state index contributed by atoms with van der Waals surface area (Å²) in [7, 11) is 1.67. The summed E-state index contributed by atoms with van der Waals surface area (Å²) in [6.45, 7) is 5.41. The number of halogens is 3. The molecule has 1 aromatic carbocycles. The number of ether oxygens (including phenoxy) is 1. The first-order valence-electron chi connectivity index (χ1n) is 9.37. The van der Waals surface area contributed by atoms with Gasteiger partial charge in [0, 0.05) is 39.6 Å². The summed E-state index contributed by atoms with van der Waals surface area (Å²) >= 11 is 0. The number of likely N-dealkylation sites (tertiary alicyclic amines) is 2. The van der Waals surface area contributed by atoms with Crippen molar-refractivity contribution in [3.63, 3.8) is 0 Å². The van der Waals surface area contributed by atoms with Crippen LogP contribution in [0.3, 0.4) is 0 Å². The highest BCUT2D eigenvalue weighted by atomic mass is 19.4. The molecule has 2 saturated heterocycles. The molecule has 2 fully saturated rings. The van der Waals surface area contributed by atoms with Gasteiger partial charge in [0.15, 0.2) is 0 Å². The van der Waals surface area contributed by atoms with Crippen LogP contribution in [-0.2, 0) is 22.3 Å². The van der Waals surface area contributed by atoms with Crippen LogP contribution >= 0.6 is 0 Å². The number of carbonyl (C=O) groups is 1. The molecular formula is C20H27F3N2O2. The third-order valence-electron chi connectivity index (χ3n) is 6.19. The third kappa shape index (κ3) is 4.29. The maximum Gasteiger partial charge on any atom is 0.416 e. The lowest BCUT2D eigenvalue weighted by molar-refractivity contribution is -0.138. The standard InChI is InChI=1S/C20H27F3N2O2/c1-15(26)25-12-17(13-27-2)19(14-25)7-9-24(10-8-19)11-16-5-3-4-6-18(16)20(21,22)23/h3-6,17H,7-14H2,1-2H3. The van der Waals surface area contributed by atoms with E-state index in [2.05, 4.69) is 4.90 Å². The molecule has 1 unspecified atom stereocenters. The van der Waals surface area contributed by atoms with Crippen molar-refractivity contribution in [2.75, 3.05) is 39.9 Å². The molecule has 0 saturated carbocycles. The highest BCUT2D eigenvalue weighted by molar-refractivity contribution is 5.73. The fourth-order valence-electron chi connectivity index (χ4n) is 4.60. The second-order valence-electron chi connectivity index (χ2n) is 7.85. The number of alkyl halides is 3. The summed E-state index contributed by atoms with van der Waals surface area (Å²) in [5.41, 5.74) is -0.209. The van der Waals surface area contributed by atoms with Gasteiger partial charge in [-0.2, -0.15) is 13.2 Å². The number of methoxy groups -OCH3 is 1. The molecule has 0 aliphatic carbocycles. The van der Waals surface area contributed by atoms with Gasteiger partial charge in [0.25, 0.3) is 0 Å². The van der Waals surface area contributed by atoms with Gasteiger partial charge in [0.1, 0.15) is 0 Å². The van der Waals surface area contributed by atoms with Crippen molar-refractivity contribution >= 4 is 5.91 Å². The number of rotatable bonds is 4. The Hall–Kier alpha value is -1.60. The minimum Gasteiger partial charge on any atom is -0.384 e. The Kier molecular flexibility index (Phi) is 5.82. The molecule has 0 aromatic heterocycles. The second kappa shape index (κ2) is 7.80. The predicted molar refractivity (Wildman–Crippen MR) is 96.0 cm³/mol. The van der Waals surface area contributed by atoms with Gasteiger partial charge in [0.05, 0.1) is 12.2 Å². The molecule has 0 radical (unpaired) electrons. The minimum absolute atomic E-state index is 0.0156. The molecule has 27 heavy (non-hydrogen) atoms. The van der Waals surface area contributed by atoms with Crippen molar-refractivity contribution in [2.45, 2.75) is 32.5 Å². The molecule has 0 N–H and O–H groups in total. The fourth-order valence-corrected chi connectivity index (χ4v) is 4.60. The van der Waals surface area contributed by atoms with Crippen molar-refractivity contribution < 1.29 is 22.7 Å². The average Bonchev–Trinajstić information content (AvgIpc) is 2.96. The summed E-state index contributed by atoms with van der Waals surface area (Å²) in [6, 6.07) is 5.80. The van der Waals surface area contributed by atoms with Crippen LogP contribution in [0.25, 0.3) is 0 Å². The average molecular weight is 384 g/mol. The summed E-state index contributed by atoms with van der Waals surface area (Å²) in [5.74, 6) is 0.366. The van der Waals surface area contributed by atoms with Gasteiger partial charge in [-0.1, -0.05) is 18.2 Å². The molecule has 1 aromatic rings. The van der Waals surface area contributed by atoms with Gasteiger partial charge >= 0.3 is 6.18 Å². The highest BCUT2D eigenvalue weighted by Gasteiger charge is 2.48. The van der Waals surface area contributed by atoms with E-state index in [-0.39, 0.29) is 17.2 Å². The Bertz CT molecular complexity index is 669. The van der Waals surface area contributed by atoms with E-state index in [0.717, 1.165) is 38.5 Å². The number of hydrogen-bond donors (Lipinski definition) is 0. The molecule has 2 heterocycles. The second-order valence-corrected chi connectivity index (χ2v) is 7.85. The van der Waals surface area contributed by atoms with Crippen molar-refractivity contribution in [1.29, 1.82) is 0 Å². The van der Waals surface area contributed by atoms with E-state index in [4.69, 9.17) is 4.74 Å². The molecule has 4 nitrogen and oxygen atoms in total. The SMILES string of the molecule is COCC1CN(C(C)=O)CC12CCN(Cc1ccccc1C(F)(F)F)CC2. The van der Waals surface area contributed by atoms with Crippen LogP contribution in [0, 0.1) is 11.3 Å². The molecule has 1 amide bonds. The van der Waals surface area contributed by atoms with E-state index < -0.39 is 11.7 Å². The molecular weight excluding hydrogens is 357 g/mol. The lowest BCUT2D eigenvalue weighted by atomic mass is 9.71. The summed E-state index contributed by atoms with van der Waals surface area (Å²) < 4.78 is 45.1. The zero-order chi connectivity index (χ0) is 19.7. The Balaban J connectivity index is 1.68. The first-order chi connectivity index (χ1) is 12.7. The predicted octanol–water partition coefficient (Wildman–Crippen LogP) is 3.41. The van der Waals surface area contributed by atoms with E-state index in [1.54, 1.807) is 26.2 Å². The topological polar surface area (TPSA) is 32.8 Å². The lowest BCUT2D eigenvalue weighted by Crippen LogP contribution is -2.45. The van der Waals surface area contributed by atoms with Gasteiger partial charge in [-0.05, 0) is 43.0 Å². The minimum atomic E-state index is -4.33. The Morgan fingerprint density at radius 3 is 2.52 bits per heavy atom. The molecule has 0 bridgehead atoms. The van der Waals surface area contributed by atoms with Gasteiger partial charge in [0.2, 0.25) is 5.91 Å². The third-order valence-corrected chi connectivity index (χ3v) is 6.19. The highest BCUT2D eigenvalue weighted by Crippen LogP contribution is 2.45. The monoisotopic (exact) mass is 384 g/mol. The molecule has 2 aliphatic heterocycles. The summed E-state index contributed by atoms with van der Waals surface area (Å²) in [6.07, 6.45) is -2.58. The largest absolute Gasteiger partial charge is 0.416 e. The maximum absolute atomic E-state index is 13.2. The summed E-state index contributed by atoms with van der Waals surface area (Å²) in [5, 5.41) is 0. The number of carbonyl (C=O) groups excluding carboxylic acids is 1. The summed E-state index contributed by atoms with van der Waals surface area (Å²) in [4.78, 5) is 15.8. The van der Waals surface area contributed by atoms with Crippen molar-refractivity contribution in [3.8, 4) is 0 Å². The Morgan fingerprint density at radius 2 is 1.93 bits per heavy atom. The Morgan fingerprint density at radius 1 is 1.26 bits per heavy atom. The van der Waals surface area contributed by atoms with E-state index >= 15 is 0 Å².